The lowest BCUT2D eigenvalue weighted by Gasteiger charge is -2.32. The molecule has 0 aliphatic carbocycles. The molecule has 0 spiro atoms. The fraction of sp³-hybridized carbons (Fsp3) is 0.462. The lowest BCUT2D eigenvalue weighted by Crippen LogP contribution is -2.45. The molecule has 1 fully saturated rings. The number of benzene rings is 4. The number of hydrogen-bond acceptors (Lipinski definition) is 12. The molecular formula is C52H64BBrN2O12. The minimum atomic E-state index is -0.622. The van der Waals surface area contributed by atoms with Crippen LogP contribution >= 0.6 is 15.9 Å². The first-order chi connectivity index (χ1) is 32.3. The van der Waals surface area contributed by atoms with E-state index in [2.05, 4.69) is 15.9 Å². The number of halogens is 1. The van der Waals surface area contributed by atoms with E-state index in [0.717, 1.165) is 32.2 Å². The zero-order valence-electron chi connectivity index (χ0n) is 40.8. The third kappa shape index (κ3) is 12.5. The van der Waals surface area contributed by atoms with Crippen molar-refractivity contribution in [2.75, 3.05) is 40.6 Å². The zero-order chi connectivity index (χ0) is 49.3. The predicted molar refractivity (Wildman–Crippen MR) is 261 cm³/mol. The van der Waals surface area contributed by atoms with E-state index in [4.69, 9.17) is 37.7 Å². The van der Waals surface area contributed by atoms with Gasteiger partial charge in [-0.25, -0.2) is 9.59 Å². The van der Waals surface area contributed by atoms with Crippen molar-refractivity contribution >= 4 is 52.3 Å². The summed E-state index contributed by atoms with van der Waals surface area (Å²) in [5, 5.41) is 0. The normalized spacial score (nSPS) is 16.6. The Hall–Kier alpha value is -5.26. The first-order valence-electron chi connectivity index (χ1n) is 23.0. The lowest BCUT2D eigenvalue weighted by molar-refractivity contribution is -0.148. The molecule has 0 radical (unpaired) electrons. The zero-order valence-corrected chi connectivity index (χ0v) is 42.4. The van der Waals surface area contributed by atoms with Crippen LogP contribution in [-0.4, -0.2) is 105 Å². The number of fused-ring (bicyclic) bond motifs is 2. The van der Waals surface area contributed by atoms with Crippen LogP contribution < -0.4 is 14.9 Å². The van der Waals surface area contributed by atoms with E-state index >= 15 is 0 Å². The maximum absolute atomic E-state index is 13.0. The molecule has 2 amide bonds. The molecule has 7 rings (SSSR count). The van der Waals surface area contributed by atoms with Crippen LogP contribution in [0.15, 0.2) is 89.4 Å². The maximum atomic E-state index is 13.0. The van der Waals surface area contributed by atoms with Gasteiger partial charge in [-0.15, -0.1) is 0 Å². The number of nitrogens with zero attached hydrogens (tertiary/aromatic N) is 2. The van der Waals surface area contributed by atoms with Crippen molar-refractivity contribution in [1.82, 2.24) is 9.80 Å². The van der Waals surface area contributed by atoms with Crippen LogP contribution in [0.4, 0.5) is 0 Å². The second-order valence-corrected chi connectivity index (χ2v) is 19.6. The summed E-state index contributed by atoms with van der Waals surface area (Å²) in [6, 6.07) is 25.7. The molecule has 4 aromatic rings. The molecule has 3 aliphatic heterocycles. The number of carbonyl (C=O) groups excluding carboxylic acids is 4. The molecule has 0 unspecified atom stereocenters. The quantitative estimate of drug-likeness (QED) is 0.0511. The average molecular weight is 1000 g/mol. The molecule has 0 N–H and O–H groups in total. The molecule has 14 nitrogen and oxygen atoms in total. The van der Waals surface area contributed by atoms with E-state index in [1.807, 2.05) is 128 Å². The summed E-state index contributed by atoms with van der Waals surface area (Å²) in [5.41, 5.74) is 5.25. The number of amides is 2. The van der Waals surface area contributed by atoms with Crippen molar-refractivity contribution in [3.8, 4) is 11.5 Å². The van der Waals surface area contributed by atoms with Crippen LogP contribution in [0.1, 0.15) is 98.4 Å². The number of rotatable bonds is 19. The molecule has 16 heteroatoms. The molecule has 3 heterocycles. The maximum Gasteiger partial charge on any atom is 0.494 e. The fourth-order valence-corrected chi connectivity index (χ4v) is 8.41. The summed E-state index contributed by atoms with van der Waals surface area (Å²) in [5.74, 6) is -0.0736. The smallest absolute Gasteiger partial charge is 0.491 e. The molecule has 0 bridgehead atoms. The predicted octanol–water partition coefficient (Wildman–Crippen LogP) is 7.93. The Bertz CT molecular complexity index is 2370. The van der Waals surface area contributed by atoms with E-state index in [1.165, 1.54) is 14.2 Å². The highest BCUT2D eigenvalue weighted by molar-refractivity contribution is 9.10. The van der Waals surface area contributed by atoms with Gasteiger partial charge >= 0.3 is 19.1 Å². The largest absolute Gasteiger partial charge is 0.494 e. The standard InChI is InChI=1S/C29H38BNO7.C23H26BrNO5/c1-19(2)25(27(33)34-7)31-17-21-10-13-23(16-24(21)26(31)32)36-15-14-35-18-20-8-11-22(12-9-20)30-37-28(3,4)29(5,6)38-30;1-15(2)21(23(27)28-3)25-13-17-6-9-19(12-20(17)22(25)26)30-11-10-29-14-16-4-7-18(24)8-5-16/h8-13,16,19,25H,14-15,17-18H2,1-7H3;4-9,12,15,21H,10-11,13-14H2,1-3H3/t25-;21-/m00/s1. The molecule has 364 valence electrons. The Morgan fingerprint density at radius 3 is 1.40 bits per heavy atom. The van der Waals surface area contributed by atoms with Gasteiger partial charge in [0.2, 0.25) is 0 Å². The molecule has 1 saturated heterocycles. The first kappa shape index (κ1) is 52.1. The van der Waals surface area contributed by atoms with Gasteiger partial charge in [-0.05, 0) is 104 Å². The number of methoxy groups -OCH3 is 2. The van der Waals surface area contributed by atoms with Gasteiger partial charge < -0.3 is 47.5 Å². The third-order valence-electron chi connectivity index (χ3n) is 12.6. The van der Waals surface area contributed by atoms with Gasteiger partial charge in [-0.1, -0.05) is 92.2 Å². The number of ether oxygens (including phenoxy) is 6. The second kappa shape index (κ2) is 22.9. The molecule has 4 aromatic carbocycles. The molecule has 68 heavy (non-hydrogen) atoms. The van der Waals surface area contributed by atoms with Crippen molar-refractivity contribution < 1.29 is 56.9 Å². The molecular weight excluding hydrogens is 935 g/mol. The average Bonchev–Trinajstić information content (AvgIpc) is 3.88. The summed E-state index contributed by atoms with van der Waals surface area (Å²) >= 11 is 3.41. The lowest BCUT2D eigenvalue weighted by atomic mass is 9.79. The first-order valence-corrected chi connectivity index (χ1v) is 23.8. The Balaban J connectivity index is 0.000000230. The molecule has 3 aliphatic rings. The van der Waals surface area contributed by atoms with Gasteiger partial charge in [0.25, 0.3) is 11.8 Å². The monoisotopic (exact) mass is 998 g/mol. The Morgan fingerprint density at radius 2 is 1.01 bits per heavy atom. The number of hydrogen-bond donors (Lipinski definition) is 0. The highest BCUT2D eigenvalue weighted by Gasteiger charge is 2.51. The van der Waals surface area contributed by atoms with E-state index in [-0.39, 0.29) is 42.0 Å². The Kier molecular flexibility index (Phi) is 17.6. The Morgan fingerprint density at radius 1 is 0.618 bits per heavy atom. The highest BCUT2D eigenvalue weighted by Crippen LogP contribution is 2.37. The summed E-state index contributed by atoms with van der Waals surface area (Å²) in [6.45, 7) is 19.1. The highest BCUT2D eigenvalue weighted by atomic mass is 79.9. The van der Waals surface area contributed by atoms with Crippen molar-refractivity contribution in [3.05, 3.63) is 123 Å². The summed E-state index contributed by atoms with van der Waals surface area (Å²) < 4.78 is 46.1. The third-order valence-corrected chi connectivity index (χ3v) is 13.1. The van der Waals surface area contributed by atoms with Gasteiger partial charge in [0.15, 0.2) is 0 Å². The van der Waals surface area contributed by atoms with Crippen LogP contribution in [0, 0.1) is 11.8 Å². The van der Waals surface area contributed by atoms with Gasteiger partial charge in [0.05, 0.1) is 51.8 Å². The van der Waals surface area contributed by atoms with E-state index < -0.39 is 24.0 Å². The molecule has 0 aromatic heterocycles. The van der Waals surface area contributed by atoms with E-state index in [1.54, 1.807) is 21.9 Å². The minimum absolute atomic E-state index is 0.0469. The van der Waals surface area contributed by atoms with Crippen LogP contribution in [-0.2, 0) is 64.1 Å². The molecule has 0 saturated carbocycles. The van der Waals surface area contributed by atoms with Crippen LogP contribution in [0.25, 0.3) is 0 Å². The SMILES string of the molecule is COC(=O)[C@H](C(C)C)N1Cc2ccc(OCCOCc3ccc(B4OC(C)(C)C(C)(C)O4)cc3)cc2C1=O.COC(=O)[C@H](C(C)C)N1Cc2ccc(OCCOCc3ccc(Br)cc3)cc2C1=O. The topological polar surface area (TPSA) is 149 Å². The van der Waals surface area contributed by atoms with Gasteiger partial charge in [-0.2, -0.15) is 0 Å². The van der Waals surface area contributed by atoms with Crippen molar-refractivity contribution in [3.63, 3.8) is 0 Å². The fourth-order valence-electron chi connectivity index (χ4n) is 8.14. The second-order valence-electron chi connectivity index (χ2n) is 18.7. The van der Waals surface area contributed by atoms with Gasteiger partial charge in [0.1, 0.15) is 36.8 Å². The van der Waals surface area contributed by atoms with Crippen molar-refractivity contribution in [2.24, 2.45) is 11.8 Å². The molecule has 2 atom stereocenters. The van der Waals surface area contributed by atoms with Gasteiger partial charge in [0, 0.05) is 28.7 Å². The van der Waals surface area contributed by atoms with Crippen molar-refractivity contribution in [1.29, 1.82) is 0 Å². The summed E-state index contributed by atoms with van der Waals surface area (Å²) in [4.78, 5) is 53.5. The van der Waals surface area contributed by atoms with Gasteiger partial charge in [-0.3, -0.25) is 9.59 Å². The minimum Gasteiger partial charge on any atom is -0.491 e. The van der Waals surface area contributed by atoms with Crippen molar-refractivity contribution in [2.45, 2.75) is 105 Å². The Labute approximate surface area is 409 Å². The summed E-state index contributed by atoms with van der Waals surface area (Å²) in [7, 11) is 2.30. The number of carbonyl (C=O) groups is 4. The number of esters is 2. The van der Waals surface area contributed by atoms with Crippen LogP contribution in [0.5, 0.6) is 11.5 Å². The summed E-state index contributed by atoms with van der Waals surface area (Å²) in [6.07, 6.45) is 0. The van der Waals surface area contributed by atoms with Crippen LogP contribution in [0.3, 0.4) is 0 Å². The van der Waals surface area contributed by atoms with E-state index in [9.17, 15) is 19.2 Å². The van der Waals surface area contributed by atoms with E-state index in [0.29, 0.717) is 75.4 Å². The van der Waals surface area contributed by atoms with Crippen LogP contribution in [0.2, 0.25) is 0 Å².